The summed E-state index contributed by atoms with van der Waals surface area (Å²) in [5.41, 5.74) is -0.312. The highest BCUT2D eigenvalue weighted by molar-refractivity contribution is 7.52. The van der Waals surface area contributed by atoms with Crippen molar-refractivity contribution in [2.75, 3.05) is 0 Å². The summed E-state index contributed by atoms with van der Waals surface area (Å²) in [5, 5.41) is 1.01. The van der Waals surface area contributed by atoms with Gasteiger partial charge in [0.25, 0.3) is 0 Å². The summed E-state index contributed by atoms with van der Waals surface area (Å²) in [6.07, 6.45) is 1.77. The molecule has 0 atom stereocenters. The van der Waals surface area contributed by atoms with Gasteiger partial charge in [-0.05, 0) is 53.7 Å². The van der Waals surface area contributed by atoms with Gasteiger partial charge in [0, 0.05) is 11.6 Å². The first-order chi connectivity index (χ1) is 9.50. The van der Waals surface area contributed by atoms with Gasteiger partial charge >= 0.3 is 7.75 Å². The number of hydrogen-bond donors (Lipinski definition) is 0. The van der Waals surface area contributed by atoms with Gasteiger partial charge in [-0.1, -0.05) is 18.2 Å². The molecule has 0 aliphatic rings. The number of benzene rings is 1. The smallest absolute Gasteiger partial charge is 0.286 e. The normalized spacial score (nSPS) is 13.8. The SMILES string of the molecule is CC(C)(C)OP(=O)(OC(C)(C)C)n1ccc2ccccc21. The number of hydrogen-bond acceptors (Lipinski definition) is 3. The van der Waals surface area contributed by atoms with Gasteiger partial charge in [0.2, 0.25) is 0 Å². The summed E-state index contributed by atoms with van der Waals surface area (Å²) in [4.78, 5) is 0. The standard InChI is InChI=1S/C16H24NO3P/c1-15(2,3)19-21(18,20-16(4,5)6)17-12-11-13-9-7-8-10-14(13)17/h7-12H,1-6H3. The van der Waals surface area contributed by atoms with E-state index in [1.165, 1.54) is 0 Å². The van der Waals surface area contributed by atoms with Crippen molar-refractivity contribution in [1.82, 2.24) is 4.34 Å². The van der Waals surface area contributed by atoms with E-state index >= 15 is 0 Å². The summed E-state index contributed by atoms with van der Waals surface area (Å²) in [5.74, 6) is 0. The maximum Gasteiger partial charge on any atom is 0.440 e. The summed E-state index contributed by atoms with van der Waals surface area (Å²) in [7, 11) is -3.50. The first-order valence-electron chi connectivity index (χ1n) is 7.09. The molecule has 21 heavy (non-hydrogen) atoms. The van der Waals surface area contributed by atoms with Crippen molar-refractivity contribution in [2.45, 2.75) is 52.7 Å². The minimum Gasteiger partial charge on any atom is -0.286 e. The molecule has 2 rings (SSSR count). The molecule has 0 bridgehead atoms. The summed E-state index contributed by atoms with van der Waals surface area (Å²) in [6, 6.07) is 9.68. The van der Waals surface area contributed by atoms with E-state index in [0.717, 1.165) is 10.9 Å². The van der Waals surface area contributed by atoms with Crippen molar-refractivity contribution < 1.29 is 13.6 Å². The molecule has 2 aromatic rings. The maximum absolute atomic E-state index is 13.4. The Labute approximate surface area is 126 Å². The van der Waals surface area contributed by atoms with Gasteiger partial charge in [-0.3, -0.25) is 13.4 Å². The zero-order valence-corrected chi connectivity index (χ0v) is 14.5. The molecule has 0 aliphatic carbocycles. The Hall–Kier alpha value is -1.09. The molecule has 0 radical (unpaired) electrons. The highest BCUT2D eigenvalue weighted by Gasteiger charge is 2.38. The Morgan fingerprint density at radius 1 is 0.905 bits per heavy atom. The minimum absolute atomic E-state index is 0.577. The van der Waals surface area contributed by atoms with Crippen LogP contribution in [0.5, 0.6) is 0 Å². The number of para-hydroxylation sites is 1. The molecule has 1 aromatic heterocycles. The zero-order chi connectivity index (χ0) is 15.9. The van der Waals surface area contributed by atoms with Crippen LogP contribution in [0.15, 0.2) is 36.5 Å². The van der Waals surface area contributed by atoms with Crippen LogP contribution in [-0.4, -0.2) is 15.5 Å². The Morgan fingerprint density at radius 2 is 1.43 bits per heavy atom. The largest absolute Gasteiger partial charge is 0.440 e. The topological polar surface area (TPSA) is 40.5 Å². The lowest BCUT2D eigenvalue weighted by Crippen LogP contribution is -2.26. The first-order valence-corrected chi connectivity index (χ1v) is 8.58. The zero-order valence-electron chi connectivity index (χ0n) is 13.6. The lowest BCUT2D eigenvalue weighted by Gasteiger charge is -2.32. The Kier molecular flexibility index (Phi) is 4.09. The van der Waals surface area contributed by atoms with Crippen LogP contribution in [0.3, 0.4) is 0 Å². The first kappa shape index (κ1) is 16.3. The predicted octanol–water partition coefficient (Wildman–Crippen LogP) is 5.23. The molecule has 116 valence electrons. The van der Waals surface area contributed by atoms with Gasteiger partial charge < -0.3 is 0 Å². The van der Waals surface area contributed by atoms with Gasteiger partial charge in [-0.25, -0.2) is 4.57 Å². The lowest BCUT2D eigenvalue weighted by atomic mass is 10.2. The van der Waals surface area contributed by atoms with E-state index in [2.05, 4.69) is 0 Å². The van der Waals surface area contributed by atoms with Crippen molar-refractivity contribution in [3.63, 3.8) is 0 Å². The van der Waals surface area contributed by atoms with E-state index in [1.54, 1.807) is 10.5 Å². The summed E-state index contributed by atoms with van der Waals surface area (Å²) >= 11 is 0. The van der Waals surface area contributed by atoms with Crippen molar-refractivity contribution in [3.05, 3.63) is 36.5 Å². The fourth-order valence-electron chi connectivity index (χ4n) is 2.08. The molecule has 0 saturated carbocycles. The molecule has 0 unspecified atom stereocenters. The van der Waals surface area contributed by atoms with E-state index in [9.17, 15) is 4.57 Å². The van der Waals surface area contributed by atoms with Crippen LogP contribution in [0.4, 0.5) is 0 Å². The molecule has 0 saturated heterocycles. The van der Waals surface area contributed by atoms with Gasteiger partial charge in [0.15, 0.2) is 0 Å². The average molecular weight is 309 g/mol. The van der Waals surface area contributed by atoms with Crippen LogP contribution in [0.25, 0.3) is 10.9 Å². The highest BCUT2D eigenvalue weighted by Crippen LogP contribution is 2.56. The van der Waals surface area contributed by atoms with Crippen LogP contribution >= 0.6 is 7.75 Å². The van der Waals surface area contributed by atoms with E-state index in [-0.39, 0.29) is 0 Å². The van der Waals surface area contributed by atoms with Crippen LogP contribution in [0.1, 0.15) is 41.5 Å². The molecule has 0 amide bonds. The number of rotatable bonds is 3. The third-order valence-electron chi connectivity index (χ3n) is 2.62. The third-order valence-corrected chi connectivity index (χ3v) is 5.05. The molecule has 0 spiro atoms. The molecular weight excluding hydrogens is 285 g/mol. The van der Waals surface area contributed by atoms with E-state index in [0.29, 0.717) is 0 Å². The van der Waals surface area contributed by atoms with Crippen LogP contribution < -0.4 is 0 Å². The second-order valence-electron chi connectivity index (χ2n) is 7.09. The van der Waals surface area contributed by atoms with Crippen LogP contribution in [0.2, 0.25) is 0 Å². The average Bonchev–Trinajstić information content (AvgIpc) is 2.67. The van der Waals surface area contributed by atoms with Gasteiger partial charge in [-0.15, -0.1) is 0 Å². The Balaban J connectivity index is 2.56. The van der Waals surface area contributed by atoms with Crippen molar-refractivity contribution in [2.24, 2.45) is 0 Å². The van der Waals surface area contributed by atoms with Crippen LogP contribution in [-0.2, 0) is 13.6 Å². The molecule has 1 heterocycles. The maximum atomic E-state index is 13.4. The molecule has 4 nitrogen and oxygen atoms in total. The predicted molar refractivity (Wildman–Crippen MR) is 86.6 cm³/mol. The Bertz CT molecular complexity index is 657. The fraction of sp³-hybridized carbons (Fsp3) is 0.500. The van der Waals surface area contributed by atoms with Crippen LogP contribution in [0, 0.1) is 0 Å². The van der Waals surface area contributed by atoms with Gasteiger partial charge in [0.1, 0.15) is 0 Å². The summed E-state index contributed by atoms with van der Waals surface area (Å²) in [6.45, 7) is 11.2. The lowest BCUT2D eigenvalue weighted by molar-refractivity contribution is 0.0454. The van der Waals surface area contributed by atoms with E-state index < -0.39 is 18.9 Å². The van der Waals surface area contributed by atoms with Crippen molar-refractivity contribution >= 4 is 18.6 Å². The number of nitrogens with zero attached hydrogens (tertiary/aromatic N) is 1. The quantitative estimate of drug-likeness (QED) is 0.729. The minimum atomic E-state index is -3.50. The molecule has 0 fully saturated rings. The molecule has 1 aromatic carbocycles. The molecule has 0 N–H and O–H groups in total. The van der Waals surface area contributed by atoms with Crippen molar-refractivity contribution in [1.29, 1.82) is 0 Å². The van der Waals surface area contributed by atoms with E-state index in [4.69, 9.17) is 9.05 Å². The molecular formula is C16H24NO3P. The summed E-state index contributed by atoms with van der Waals surface area (Å²) < 4.78 is 26.8. The highest BCUT2D eigenvalue weighted by atomic mass is 31.2. The number of aromatic nitrogens is 1. The van der Waals surface area contributed by atoms with Gasteiger partial charge in [0.05, 0.1) is 16.7 Å². The van der Waals surface area contributed by atoms with Crippen molar-refractivity contribution in [3.8, 4) is 0 Å². The second kappa shape index (κ2) is 5.28. The van der Waals surface area contributed by atoms with Gasteiger partial charge in [-0.2, -0.15) is 0 Å². The third kappa shape index (κ3) is 3.97. The number of fused-ring (bicyclic) bond motifs is 1. The fourth-order valence-corrected chi connectivity index (χ4v) is 4.35. The molecule has 5 heteroatoms. The monoisotopic (exact) mass is 309 g/mol. The molecule has 0 aliphatic heterocycles. The van der Waals surface area contributed by atoms with E-state index in [1.807, 2.05) is 71.9 Å². The second-order valence-corrected chi connectivity index (χ2v) is 8.83. The Morgan fingerprint density at radius 3 is 1.95 bits per heavy atom.